The summed E-state index contributed by atoms with van der Waals surface area (Å²) in [6, 6.07) is 4.02. The van der Waals surface area contributed by atoms with Gasteiger partial charge in [0.2, 0.25) is 0 Å². The Morgan fingerprint density at radius 3 is 2.55 bits per heavy atom. The molecule has 33 heavy (non-hydrogen) atoms. The maximum absolute atomic E-state index is 12.7. The number of alkyl halides is 3. The molecule has 0 aliphatic carbocycles. The van der Waals surface area contributed by atoms with Crippen LogP contribution in [0.5, 0.6) is 0 Å². The largest absolute Gasteiger partial charge is 0.405 e. The van der Waals surface area contributed by atoms with E-state index in [1.807, 2.05) is 20.8 Å². The Morgan fingerprint density at radius 2 is 1.94 bits per heavy atom. The van der Waals surface area contributed by atoms with Crippen molar-refractivity contribution in [1.82, 2.24) is 15.6 Å². The monoisotopic (exact) mass is 487 g/mol. The molecule has 0 bridgehead atoms. The molecule has 2 aromatic rings. The van der Waals surface area contributed by atoms with Gasteiger partial charge < -0.3 is 21.7 Å². The van der Waals surface area contributed by atoms with Gasteiger partial charge in [-0.3, -0.25) is 4.79 Å². The number of halogens is 3. The van der Waals surface area contributed by atoms with Crippen LogP contribution in [0.3, 0.4) is 0 Å². The summed E-state index contributed by atoms with van der Waals surface area (Å²) in [7, 11) is -3.15. The van der Waals surface area contributed by atoms with Gasteiger partial charge in [0.05, 0.1) is 17.0 Å². The lowest BCUT2D eigenvalue weighted by molar-refractivity contribution is -0.115. The van der Waals surface area contributed by atoms with Gasteiger partial charge in [0.1, 0.15) is 12.2 Å². The van der Waals surface area contributed by atoms with Crippen LogP contribution in [-0.4, -0.2) is 62.7 Å². The number of nitrogens with zero attached hydrogens (tertiary/aromatic N) is 1. The smallest absolute Gasteiger partial charge is 0.398 e. The normalized spacial score (nSPS) is 18.8. The van der Waals surface area contributed by atoms with Crippen molar-refractivity contribution >= 4 is 38.0 Å². The van der Waals surface area contributed by atoms with E-state index in [9.17, 15) is 26.4 Å². The Hall–Kier alpha value is -2.60. The standard InChI is InChI=1S/C21H28F3N5O3S/c1-20(2,3)15-7-12(28-11-21(22,23)24)6-14-16(25)8-17(29-18(14)15)19(30)27-9-13-10-33(31,32)5-4-26-13/h6-8,13,26,28H,4-5,9-11H2,1-3H3,(H2,25,29)(H,27,30). The third-order valence-corrected chi connectivity index (χ3v) is 7.03. The van der Waals surface area contributed by atoms with Crippen molar-refractivity contribution in [3.63, 3.8) is 0 Å². The second kappa shape index (κ2) is 8.98. The van der Waals surface area contributed by atoms with Crippen molar-refractivity contribution in [2.75, 3.05) is 42.2 Å². The van der Waals surface area contributed by atoms with Crippen LogP contribution in [0.2, 0.25) is 0 Å². The van der Waals surface area contributed by atoms with Crippen LogP contribution >= 0.6 is 0 Å². The maximum atomic E-state index is 12.7. The highest BCUT2D eigenvalue weighted by Gasteiger charge is 2.28. The molecule has 1 aromatic carbocycles. The molecule has 1 amide bonds. The molecule has 1 aromatic heterocycles. The molecular weight excluding hydrogens is 459 g/mol. The molecule has 2 heterocycles. The number of sulfone groups is 1. The quantitative estimate of drug-likeness (QED) is 0.509. The van der Waals surface area contributed by atoms with E-state index in [1.54, 1.807) is 6.07 Å². The summed E-state index contributed by atoms with van der Waals surface area (Å²) in [5, 5.41) is 8.55. The Morgan fingerprint density at radius 1 is 1.24 bits per heavy atom. The van der Waals surface area contributed by atoms with E-state index in [2.05, 4.69) is 20.9 Å². The van der Waals surface area contributed by atoms with Gasteiger partial charge in [0.15, 0.2) is 9.84 Å². The first-order valence-corrected chi connectivity index (χ1v) is 12.2. The number of aromatic nitrogens is 1. The highest BCUT2D eigenvalue weighted by Crippen LogP contribution is 2.35. The van der Waals surface area contributed by atoms with Crippen LogP contribution in [-0.2, 0) is 15.3 Å². The maximum Gasteiger partial charge on any atom is 0.405 e. The summed E-state index contributed by atoms with van der Waals surface area (Å²) in [6.07, 6.45) is -4.38. The van der Waals surface area contributed by atoms with Crippen LogP contribution in [0.25, 0.3) is 10.9 Å². The lowest BCUT2D eigenvalue weighted by Crippen LogP contribution is -2.50. The number of benzene rings is 1. The number of carbonyl (C=O) groups excluding carboxylic acids is 1. The molecule has 12 heteroatoms. The summed E-state index contributed by atoms with van der Waals surface area (Å²) in [5.74, 6) is -0.523. The Labute approximate surface area is 190 Å². The van der Waals surface area contributed by atoms with Gasteiger partial charge in [0.25, 0.3) is 5.91 Å². The van der Waals surface area contributed by atoms with Crippen LogP contribution in [0.15, 0.2) is 18.2 Å². The highest BCUT2D eigenvalue weighted by atomic mass is 32.2. The summed E-state index contributed by atoms with van der Waals surface area (Å²) in [4.78, 5) is 17.2. The molecule has 8 nitrogen and oxygen atoms in total. The van der Waals surface area contributed by atoms with Crippen molar-refractivity contribution in [3.8, 4) is 0 Å². The average molecular weight is 488 g/mol. The van der Waals surface area contributed by atoms with E-state index >= 15 is 0 Å². The summed E-state index contributed by atoms with van der Waals surface area (Å²) in [5.41, 5.74) is 7.21. The second-order valence-electron chi connectivity index (χ2n) is 9.21. The first-order valence-electron chi connectivity index (χ1n) is 10.4. The minimum Gasteiger partial charge on any atom is -0.398 e. The van der Waals surface area contributed by atoms with E-state index in [0.29, 0.717) is 23.0 Å². The number of amides is 1. The first kappa shape index (κ1) is 25.0. The fourth-order valence-corrected chi connectivity index (χ4v) is 5.09. The van der Waals surface area contributed by atoms with Gasteiger partial charge in [-0.25, -0.2) is 13.4 Å². The summed E-state index contributed by atoms with van der Waals surface area (Å²) in [6.45, 7) is 4.88. The molecule has 0 saturated carbocycles. The van der Waals surface area contributed by atoms with Gasteiger partial charge in [-0.05, 0) is 29.2 Å². The number of pyridine rings is 1. The van der Waals surface area contributed by atoms with Gasteiger partial charge in [-0.15, -0.1) is 0 Å². The lowest BCUT2D eigenvalue weighted by Gasteiger charge is -2.24. The molecule has 0 spiro atoms. The van der Waals surface area contributed by atoms with Crippen LogP contribution in [0, 0.1) is 0 Å². The first-order chi connectivity index (χ1) is 15.1. The third-order valence-electron chi connectivity index (χ3n) is 5.29. The van der Waals surface area contributed by atoms with E-state index < -0.39 is 39.9 Å². The minimum absolute atomic E-state index is 0.0418. The van der Waals surface area contributed by atoms with Crippen LogP contribution in [0.4, 0.5) is 24.5 Å². The Kier molecular flexibility index (Phi) is 6.81. The van der Waals surface area contributed by atoms with E-state index in [4.69, 9.17) is 5.73 Å². The molecule has 1 atom stereocenters. The van der Waals surface area contributed by atoms with Crippen molar-refractivity contribution < 1.29 is 26.4 Å². The number of hydrogen-bond donors (Lipinski definition) is 4. The summed E-state index contributed by atoms with van der Waals surface area (Å²) < 4.78 is 61.6. The number of anilines is 2. The van der Waals surface area contributed by atoms with Crippen molar-refractivity contribution in [2.24, 2.45) is 0 Å². The molecule has 1 saturated heterocycles. The topological polar surface area (TPSA) is 126 Å². The van der Waals surface area contributed by atoms with Gasteiger partial charge in [0, 0.05) is 35.9 Å². The zero-order chi connectivity index (χ0) is 24.6. The molecule has 182 valence electrons. The van der Waals surface area contributed by atoms with Crippen LogP contribution < -0.4 is 21.7 Å². The number of fused-ring (bicyclic) bond motifs is 1. The number of nitrogens with one attached hydrogen (secondary N) is 3. The number of nitrogens with two attached hydrogens (primary N) is 1. The van der Waals surface area contributed by atoms with Gasteiger partial charge >= 0.3 is 6.18 Å². The predicted octanol–water partition coefficient (Wildman–Crippen LogP) is 2.21. The fourth-order valence-electron chi connectivity index (χ4n) is 3.65. The molecule has 1 aliphatic rings. The Bertz CT molecular complexity index is 1160. The molecule has 3 rings (SSSR count). The van der Waals surface area contributed by atoms with E-state index in [0.717, 1.165) is 0 Å². The zero-order valence-electron chi connectivity index (χ0n) is 18.6. The molecule has 1 unspecified atom stereocenters. The zero-order valence-corrected chi connectivity index (χ0v) is 19.5. The van der Waals surface area contributed by atoms with Crippen LogP contribution in [0.1, 0.15) is 36.8 Å². The SMILES string of the molecule is CC(C)(C)c1cc(NCC(F)(F)F)cc2c(N)cc(C(=O)NCC3CS(=O)(=O)CCN3)nc12. The summed E-state index contributed by atoms with van der Waals surface area (Å²) >= 11 is 0. The van der Waals surface area contributed by atoms with Crippen molar-refractivity contribution in [2.45, 2.75) is 38.4 Å². The molecule has 0 radical (unpaired) electrons. The van der Waals surface area contributed by atoms with Gasteiger partial charge in [-0.2, -0.15) is 13.2 Å². The van der Waals surface area contributed by atoms with Crippen molar-refractivity contribution in [3.05, 3.63) is 29.5 Å². The van der Waals surface area contributed by atoms with Gasteiger partial charge in [-0.1, -0.05) is 20.8 Å². The number of nitrogen functional groups attached to an aromatic ring is 1. The average Bonchev–Trinajstić information content (AvgIpc) is 2.68. The van der Waals surface area contributed by atoms with Crippen molar-refractivity contribution in [1.29, 1.82) is 0 Å². The minimum atomic E-state index is -4.38. The second-order valence-corrected chi connectivity index (χ2v) is 11.4. The molecular formula is C21H28F3N5O3S. The lowest BCUT2D eigenvalue weighted by atomic mass is 9.84. The molecule has 1 fully saturated rings. The van der Waals surface area contributed by atoms with E-state index in [-0.39, 0.29) is 35.1 Å². The molecule has 5 N–H and O–H groups in total. The number of carbonyl (C=O) groups is 1. The fraction of sp³-hybridized carbons (Fsp3) is 0.524. The number of rotatable bonds is 5. The molecule has 1 aliphatic heterocycles. The third kappa shape index (κ3) is 6.47. The number of hydrogen-bond acceptors (Lipinski definition) is 7. The predicted molar refractivity (Wildman–Crippen MR) is 122 cm³/mol. The highest BCUT2D eigenvalue weighted by molar-refractivity contribution is 7.91. The Balaban J connectivity index is 1.90. The van der Waals surface area contributed by atoms with E-state index in [1.165, 1.54) is 12.1 Å².